The van der Waals surface area contributed by atoms with Crippen molar-refractivity contribution in [2.24, 2.45) is 21.5 Å². The Kier molecular flexibility index (Phi) is 8.60. The van der Waals surface area contributed by atoms with Gasteiger partial charge in [-0.1, -0.05) is 18.2 Å². The van der Waals surface area contributed by atoms with Gasteiger partial charge in [0.25, 0.3) is 16.0 Å². The van der Waals surface area contributed by atoms with Gasteiger partial charge in [-0.25, -0.2) is 4.99 Å². The molecule has 0 atom stereocenters. The molecule has 5 N–H and O–H groups in total. The smallest absolute Gasteiger partial charge is 0.264 e. The van der Waals surface area contributed by atoms with Crippen molar-refractivity contribution in [1.82, 2.24) is 0 Å². The Bertz CT molecular complexity index is 1150. The summed E-state index contributed by atoms with van der Waals surface area (Å²) in [6.45, 7) is 5.09. The van der Waals surface area contributed by atoms with E-state index in [2.05, 4.69) is 9.98 Å². The van der Waals surface area contributed by atoms with Crippen LogP contribution in [0.2, 0.25) is 0 Å². The molecule has 0 radical (unpaired) electrons. The third-order valence-corrected chi connectivity index (χ3v) is 5.46. The molecular weight excluding hydrogens is 460 g/mol. The first-order chi connectivity index (χ1) is 15.8. The van der Waals surface area contributed by atoms with Gasteiger partial charge in [-0.15, -0.1) is 0 Å². The van der Waals surface area contributed by atoms with Crippen LogP contribution in [0.15, 0.2) is 64.6 Å². The van der Waals surface area contributed by atoms with Gasteiger partial charge >= 0.3 is 0 Å². The van der Waals surface area contributed by atoms with Crippen LogP contribution in [0.5, 0.6) is 5.75 Å². The second-order valence-corrected chi connectivity index (χ2v) is 9.45. The fourth-order valence-electron chi connectivity index (χ4n) is 2.98. The van der Waals surface area contributed by atoms with Crippen LogP contribution in [0.25, 0.3) is 0 Å². The third kappa shape index (κ3) is 7.46. The molecule has 3 rings (SSSR count). The number of ether oxygens (including phenoxy) is 1. The Balaban J connectivity index is 0.000000604. The van der Waals surface area contributed by atoms with Gasteiger partial charge in [-0.3, -0.25) is 14.2 Å². The van der Waals surface area contributed by atoms with E-state index in [0.717, 1.165) is 11.4 Å². The lowest BCUT2D eigenvalue weighted by atomic mass is 10.1. The largest absolute Gasteiger partial charge is 0.484 e. The Morgan fingerprint density at radius 2 is 1.68 bits per heavy atom. The van der Waals surface area contributed by atoms with Gasteiger partial charge in [0.1, 0.15) is 11.4 Å². The average Bonchev–Trinajstić information content (AvgIpc) is 2.77. The van der Waals surface area contributed by atoms with E-state index in [9.17, 15) is 13.2 Å². The van der Waals surface area contributed by atoms with Crippen LogP contribution in [-0.4, -0.2) is 55.9 Å². The van der Waals surface area contributed by atoms with E-state index in [1.807, 2.05) is 56.3 Å². The molecule has 184 valence electrons. The standard InChI is InChI=1S/C20H24N6O2.C2H6O3S/c1-20(2)24-18(21)23-19(22)26(20)15-9-11-16(12-10-15)28-13-17(27)25(3)14-7-5-4-6-8-14;1-2-6(3,4)5/h4-12H,13H2,1-3H3,(H4,21,22,23,24);2H2,1H3,(H,3,4,5). The van der Waals surface area contributed by atoms with Crippen LogP contribution in [0.3, 0.4) is 0 Å². The lowest BCUT2D eigenvalue weighted by Crippen LogP contribution is -2.54. The Labute approximate surface area is 199 Å². The first kappa shape index (κ1) is 26.6. The van der Waals surface area contributed by atoms with E-state index >= 15 is 0 Å². The third-order valence-electron chi connectivity index (χ3n) is 4.73. The summed E-state index contributed by atoms with van der Waals surface area (Å²) in [4.78, 5) is 24.0. The molecule has 0 spiro atoms. The highest BCUT2D eigenvalue weighted by molar-refractivity contribution is 7.85. The molecule has 1 heterocycles. The molecular formula is C22H30N6O5S. The minimum Gasteiger partial charge on any atom is -0.484 e. The van der Waals surface area contributed by atoms with Crippen LogP contribution < -0.4 is 26.0 Å². The highest BCUT2D eigenvalue weighted by Crippen LogP contribution is 2.28. The van der Waals surface area contributed by atoms with Crippen LogP contribution in [0.4, 0.5) is 11.4 Å². The summed E-state index contributed by atoms with van der Waals surface area (Å²) < 4.78 is 32.5. The van der Waals surface area contributed by atoms with Crippen LogP contribution in [0.1, 0.15) is 20.8 Å². The molecule has 0 saturated heterocycles. The number of rotatable bonds is 6. The lowest BCUT2D eigenvalue weighted by Gasteiger charge is -2.38. The quantitative estimate of drug-likeness (QED) is 0.516. The van der Waals surface area contributed by atoms with Gasteiger partial charge in [0.05, 0.1) is 5.75 Å². The number of benzene rings is 2. The second-order valence-electron chi connectivity index (χ2n) is 7.71. The zero-order valence-corrected chi connectivity index (χ0v) is 20.4. The van der Waals surface area contributed by atoms with E-state index in [1.54, 1.807) is 29.0 Å². The molecule has 11 nitrogen and oxygen atoms in total. The summed E-state index contributed by atoms with van der Waals surface area (Å²) in [6.07, 6.45) is 0. The molecule has 12 heteroatoms. The number of hydrogen-bond donors (Lipinski definition) is 3. The number of guanidine groups is 2. The van der Waals surface area contributed by atoms with Gasteiger partial charge < -0.3 is 21.1 Å². The number of aliphatic imine (C=N–C) groups is 2. The second kappa shape index (κ2) is 11.0. The van der Waals surface area contributed by atoms with E-state index in [0.29, 0.717) is 5.75 Å². The summed E-state index contributed by atoms with van der Waals surface area (Å²) in [6, 6.07) is 16.6. The predicted octanol–water partition coefficient (Wildman–Crippen LogP) is 1.81. The number of nitrogens with two attached hydrogens (primary N) is 2. The van der Waals surface area contributed by atoms with Gasteiger partial charge in [-0.2, -0.15) is 13.4 Å². The van der Waals surface area contributed by atoms with E-state index in [-0.39, 0.29) is 30.2 Å². The van der Waals surface area contributed by atoms with Gasteiger partial charge in [-0.05, 0) is 57.2 Å². The summed E-state index contributed by atoms with van der Waals surface area (Å²) in [5, 5.41) is 0. The molecule has 1 aliphatic heterocycles. The molecule has 1 aliphatic rings. The fourth-order valence-corrected chi connectivity index (χ4v) is 2.98. The maximum Gasteiger partial charge on any atom is 0.264 e. The van der Waals surface area contributed by atoms with E-state index in [4.69, 9.17) is 20.8 Å². The van der Waals surface area contributed by atoms with Crippen LogP contribution in [-0.2, 0) is 14.9 Å². The minimum atomic E-state index is -3.66. The highest BCUT2D eigenvalue weighted by Gasteiger charge is 2.32. The summed E-state index contributed by atoms with van der Waals surface area (Å²) in [5.41, 5.74) is 12.7. The molecule has 2 aromatic rings. The molecule has 2 aromatic carbocycles. The van der Waals surface area contributed by atoms with Crippen LogP contribution in [0, 0.1) is 0 Å². The molecule has 1 amide bonds. The fraction of sp³-hybridized carbons (Fsp3) is 0.318. The Morgan fingerprint density at radius 3 is 2.18 bits per heavy atom. The SMILES string of the molecule is CCS(=O)(=O)O.CN(C(=O)COc1ccc(N2C(N)=NC(N)=NC2(C)C)cc1)c1ccccc1. The monoisotopic (exact) mass is 490 g/mol. The number of para-hydroxylation sites is 1. The molecule has 0 fully saturated rings. The van der Waals surface area contributed by atoms with Gasteiger partial charge in [0.2, 0.25) is 11.9 Å². The zero-order chi connectivity index (χ0) is 25.5. The van der Waals surface area contributed by atoms with Crippen molar-refractivity contribution in [3.05, 3.63) is 54.6 Å². The van der Waals surface area contributed by atoms with Crippen molar-refractivity contribution in [3.8, 4) is 5.75 Å². The van der Waals surface area contributed by atoms with Crippen molar-refractivity contribution in [1.29, 1.82) is 0 Å². The van der Waals surface area contributed by atoms with Crippen LogP contribution >= 0.6 is 0 Å². The number of anilines is 2. The molecule has 0 aromatic heterocycles. The average molecular weight is 491 g/mol. The Morgan fingerprint density at radius 1 is 1.12 bits per heavy atom. The molecule has 0 bridgehead atoms. The first-order valence-corrected chi connectivity index (χ1v) is 11.9. The zero-order valence-electron chi connectivity index (χ0n) is 19.5. The molecule has 0 aliphatic carbocycles. The van der Waals surface area contributed by atoms with E-state index < -0.39 is 15.8 Å². The first-order valence-electron chi connectivity index (χ1n) is 10.3. The van der Waals surface area contributed by atoms with Crippen molar-refractivity contribution in [2.45, 2.75) is 26.4 Å². The number of carbonyl (C=O) groups excluding carboxylic acids is 1. The van der Waals surface area contributed by atoms with Gasteiger partial charge in [0, 0.05) is 18.4 Å². The maximum absolute atomic E-state index is 12.3. The lowest BCUT2D eigenvalue weighted by molar-refractivity contribution is -0.120. The molecule has 0 unspecified atom stereocenters. The maximum atomic E-state index is 12.3. The normalized spacial score (nSPS) is 14.8. The van der Waals surface area contributed by atoms with Crippen molar-refractivity contribution in [2.75, 3.05) is 29.2 Å². The molecule has 34 heavy (non-hydrogen) atoms. The minimum absolute atomic E-state index is 0.0651. The Hall–Kier alpha value is -3.64. The summed E-state index contributed by atoms with van der Waals surface area (Å²) in [5.74, 6) is 0.651. The molecule has 0 saturated carbocycles. The number of amides is 1. The van der Waals surface area contributed by atoms with Crippen molar-refractivity contribution >= 4 is 39.3 Å². The highest BCUT2D eigenvalue weighted by atomic mass is 32.2. The topological polar surface area (TPSA) is 164 Å². The van der Waals surface area contributed by atoms with Crippen molar-refractivity contribution in [3.63, 3.8) is 0 Å². The number of nitrogens with zero attached hydrogens (tertiary/aromatic N) is 4. The number of carbonyl (C=O) groups is 1. The summed E-state index contributed by atoms with van der Waals surface area (Å²) >= 11 is 0. The summed E-state index contributed by atoms with van der Waals surface area (Å²) in [7, 11) is -1.94. The van der Waals surface area contributed by atoms with Gasteiger partial charge in [0.15, 0.2) is 6.61 Å². The number of likely N-dealkylation sites (N-methyl/N-ethyl adjacent to an activating group) is 1. The van der Waals surface area contributed by atoms with E-state index in [1.165, 1.54) is 6.92 Å². The predicted molar refractivity (Wildman–Crippen MR) is 134 cm³/mol. The number of hydrogen-bond acceptors (Lipinski definition) is 9. The van der Waals surface area contributed by atoms with Crippen molar-refractivity contribution < 1.29 is 22.5 Å².